The summed E-state index contributed by atoms with van der Waals surface area (Å²) in [6.45, 7) is 4.23. The number of aliphatic carboxylic acids is 1. The fourth-order valence-electron chi connectivity index (χ4n) is 1.54. The van der Waals surface area contributed by atoms with E-state index in [1.165, 1.54) is 11.8 Å². The Morgan fingerprint density at radius 2 is 2.28 bits per heavy atom. The van der Waals surface area contributed by atoms with Crippen LogP contribution < -0.4 is 0 Å². The van der Waals surface area contributed by atoms with Crippen LogP contribution in [-0.2, 0) is 11.3 Å². The molecule has 2 rings (SSSR count). The van der Waals surface area contributed by atoms with E-state index in [4.69, 9.17) is 9.63 Å². The molecule has 0 bridgehead atoms. The first-order valence-corrected chi connectivity index (χ1v) is 6.33. The van der Waals surface area contributed by atoms with Crippen LogP contribution in [0.4, 0.5) is 0 Å². The van der Waals surface area contributed by atoms with Crippen LogP contribution in [0.1, 0.15) is 17.1 Å². The van der Waals surface area contributed by atoms with Crippen LogP contribution in [0.3, 0.4) is 0 Å². The number of hydrogen-bond donors (Lipinski definition) is 1. The quantitative estimate of drug-likeness (QED) is 0.831. The van der Waals surface area contributed by atoms with E-state index in [2.05, 4.69) is 10.1 Å². The molecule has 0 aliphatic carbocycles. The van der Waals surface area contributed by atoms with E-state index < -0.39 is 5.97 Å². The molecule has 96 valence electrons. The van der Waals surface area contributed by atoms with Crippen LogP contribution in [-0.4, -0.2) is 31.5 Å². The van der Waals surface area contributed by atoms with E-state index in [-0.39, 0.29) is 5.75 Å². The van der Waals surface area contributed by atoms with Crippen LogP contribution in [0, 0.1) is 13.8 Å². The van der Waals surface area contributed by atoms with Crippen molar-refractivity contribution in [3.05, 3.63) is 29.4 Å². The summed E-state index contributed by atoms with van der Waals surface area (Å²) in [5, 5.41) is 13.2. The molecule has 0 atom stereocenters. The van der Waals surface area contributed by atoms with E-state index in [0.717, 1.165) is 17.1 Å². The topological polar surface area (TPSA) is 81.2 Å². The van der Waals surface area contributed by atoms with Crippen molar-refractivity contribution in [3.63, 3.8) is 0 Å². The molecule has 18 heavy (non-hydrogen) atoms. The third kappa shape index (κ3) is 3.13. The van der Waals surface area contributed by atoms with Crippen LogP contribution in [0.15, 0.2) is 21.9 Å². The zero-order valence-electron chi connectivity index (χ0n) is 10.1. The van der Waals surface area contributed by atoms with Gasteiger partial charge in [0, 0.05) is 12.3 Å². The van der Waals surface area contributed by atoms with Crippen molar-refractivity contribution in [2.24, 2.45) is 0 Å². The Balaban J connectivity index is 2.14. The van der Waals surface area contributed by atoms with E-state index in [1.807, 2.05) is 30.7 Å². The van der Waals surface area contributed by atoms with E-state index in [1.54, 1.807) is 0 Å². The maximum absolute atomic E-state index is 10.6. The highest BCUT2D eigenvalue weighted by atomic mass is 32.2. The number of nitrogens with zero attached hydrogens (tertiary/aromatic N) is 3. The number of carboxylic acid groups (broad SMARTS) is 1. The second-order valence-electron chi connectivity index (χ2n) is 3.91. The zero-order chi connectivity index (χ0) is 13.1. The highest BCUT2D eigenvalue weighted by Crippen LogP contribution is 2.19. The number of carbonyl (C=O) groups is 1. The Morgan fingerprint density at radius 1 is 1.50 bits per heavy atom. The molecule has 0 saturated heterocycles. The highest BCUT2D eigenvalue weighted by Gasteiger charge is 2.11. The number of hydrogen-bond acceptors (Lipinski definition) is 5. The Hall–Kier alpha value is -1.76. The minimum absolute atomic E-state index is 0.00805. The minimum Gasteiger partial charge on any atom is -0.481 e. The lowest BCUT2D eigenvalue weighted by Gasteiger charge is -2.03. The number of aromatic nitrogens is 3. The predicted octanol–water partition coefficient (Wildman–Crippen LogP) is 1.71. The number of rotatable bonds is 5. The molecule has 0 radical (unpaired) electrons. The van der Waals surface area contributed by atoms with Gasteiger partial charge in [-0.2, -0.15) is 0 Å². The maximum Gasteiger partial charge on any atom is 0.313 e. The van der Waals surface area contributed by atoms with Crippen molar-refractivity contribution in [2.75, 3.05) is 5.75 Å². The van der Waals surface area contributed by atoms with Gasteiger partial charge in [-0.25, -0.2) is 4.98 Å². The lowest BCUT2D eigenvalue weighted by atomic mass is 10.4. The van der Waals surface area contributed by atoms with E-state index in [9.17, 15) is 4.79 Å². The summed E-state index contributed by atoms with van der Waals surface area (Å²) < 4.78 is 7.00. The number of thioether (sulfide) groups is 1. The van der Waals surface area contributed by atoms with Gasteiger partial charge in [0.1, 0.15) is 0 Å². The smallest absolute Gasteiger partial charge is 0.313 e. The average Bonchev–Trinajstić information content (AvgIpc) is 2.83. The minimum atomic E-state index is -0.859. The maximum atomic E-state index is 10.6. The standard InChI is InChI=1S/C11H13N3O3S/c1-7-3-9(17-13-7)5-14-4-8(2)12-11(14)18-6-10(15)16/h3-4H,5-6H2,1-2H3,(H,15,16). The van der Waals surface area contributed by atoms with Gasteiger partial charge in [-0.3, -0.25) is 4.79 Å². The molecule has 0 aromatic carbocycles. The van der Waals surface area contributed by atoms with E-state index in [0.29, 0.717) is 11.7 Å². The monoisotopic (exact) mass is 267 g/mol. The summed E-state index contributed by atoms with van der Waals surface area (Å²) in [5.41, 5.74) is 1.67. The molecule has 0 saturated carbocycles. The van der Waals surface area contributed by atoms with Gasteiger partial charge in [0.2, 0.25) is 0 Å². The molecule has 0 aliphatic rings. The zero-order valence-corrected chi connectivity index (χ0v) is 10.9. The SMILES string of the molecule is Cc1cc(Cn2cc(C)nc2SCC(=O)O)on1. The molecule has 0 amide bonds. The first kappa shape index (κ1) is 12.7. The summed E-state index contributed by atoms with van der Waals surface area (Å²) in [6, 6.07) is 1.85. The molecule has 1 N–H and O–H groups in total. The van der Waals surface area contributed by atoms with Gasteiger partial charge in [-0.05, 0) is 13.8 Å². The normalized spacial score (nSPS) is 10.8. The summed E-state index contributed by atoms with van der Waals surface area (Å²) in [7, 11) is 0. The summed E-state index contributed by atoms with van der Waals surface area (Å²) >= 11 is 1.19. The third-order valence-corrected chi connectivity index (χ3v) is 3.16. The summed E-state index contributed by atoms with van der Waals surface area (Å²) in [4.78, 5) is 14.9. The highest BCUT2D eigenvalue weighted by molar-refractivity contribution is 7.99. The van der Waals surface area contributed by atoms with Gasteiger partial charge in [0.25, 0.3) is 0 Å². The second-order valence-corrected chi connectivity index (χ2v) is 4.85. The average molecular weight is 267 g/mol. The lowest BCUT2D eigenvalue weighted by Crippen LogP contribution is -2.03. The van der Waals surface area contributed by atoms with Gasteiger partial charge in [-0.1, -0.05) is 16.9 Å². The van der Waals surface area contributed by atoms with E-state index >= 15 is 0 Å². The summed E-state index contributed by atoms with van der Waals surface area (Å²) in [6.07, 6.45) is 1.86. The molecule has 0 fully saturated rings. The molecular formula is C11H13N3O3S. The lowest BCUT2D eigenvalue weighted by molar-refractivity contribution is -0.133. The van der Waals surface area contributed by atoms with Crippen molar-refractivity contribution < 1.29 is 14.4 Å². The Bertz CT molecular complexity index is 562. The fraction of sp³-hybridized carbons (Fsp3) is 0.364. The van der Waals surface area contributed by atoms with Crippen molar-refractivity contribution in [1.29, 1.82) is 0 Å². The van der Waals surface area contributed by atoms with Crippen LogP contribution >= 0.6 is 11.8 Å². The Labute approximate surface area is 108 Å². The molecule has 0 spiro atoms. The van der Waals surface area contributed by atoms with Gasteiger partial charge in [0.05, 0.1) is 23.7 Å². The van der Waals surface area contributed by atoms with Gasteiger partial charge >= 0.3 is 5.97 Å². The Morgan fingerprint density at radius 3 is 2.89 bits per heavy atom. The molecule has 6 nitrogen and oxygen atoms in total. The van der Waals surface area contributed by atoms with Crippen molar-refractivity contribution >= 4 is 17.7 Å². The van der Waals surface area contributed by atoms with Crippen LogP contribution in [0.25, 0.3) is 0 Å². The van der Waals surface area contributed by atoms with Crippen molar-refractivity contribution in [1.82, 2.24) is 14.7 Å². The molecule has 2 aromatic heterocycles. The Kier molecular flexibility index (Phi) is 3.71. The molecule has 2 heterocycles. The first-order valence-electron chi connectivity index (χ1n) is 5.35. The summed E-state index contributed by atoms with van der Waals surface area (Å²) in [5.74, 6) is -0.143. The van der Waals surface area contributed by atoms with Crippen LogP contribution in [0.5, 0.6) is 0 Å². The second kappa shape index (κ2) is 5.26. The third-order valence-electron chi connectivity index (χ3n) is 2.19. The largest absolute Gasteiger partial charge is 0.481 e. The van der Waals surface area contributed by atoms with Gasteiger partial charge in [-0.15, -0.1) is 0 Å². The van der Waals surface area contributed by atoms with Crippen molar-refractivity contribution in [3.8, 4) is 0 Å². The molecule has 7 heteroatoms. The predicted molar refractivity (Wildman–Crippen MR) is 65.7 cm³/mol. The van der Waals surface area contributed by atoms with Gasteiger partial charge < -0.3 is 14.2 Å². The molecular weight excluding hydrogens is 254 g/mol. The molecule has 0 unspecified atom stereocenters. The molecule has 2 aromatic rings. The van der Waals surface area contributed by atoms with Gasteiger partial charge in [0.15, 0.2) is 10.9 Å². The van der Waals surface area contributed by atoms with Crippen molar-refractivity contribution in [2.45, 2.75) is 25.5 Å². The first-order chi connectivity index (χ1) is 8.54. The number of imidazole rings is 1. The van der Waals surface area contributed by atoms with Crippen LogP contribution in [0.2, 0.25) is 0 Å². The molecule has 0 aliphatic heterocycles. The number of aryl methyl sites for hydroxylation is 2. The number of carboxylic acids is 1. The fourth-order valence-corrected chi connectivity index (χ4v) is 2.28.